The van der Waals surface area contributed by atoms with Crippen molar-refractivity contribution in [1.29, 1.82) is 0 Å². The summed E-state index contributed by atoms with van der Waals surface area (Å²) in [6.45, 7) is 8.38. The molecule has 2 aromatic rings. The average Bonchev–Trinajstić information content (AvgIpc) is 2.89. The van der Waals surface area contributed by atoms with E-state index < -0.39 is 0 Å². The summed E-state index contributed by atoms with van der Waals surface area (Å²) in [5.74, 6) is 0.170. The Balaban J connectivity index is 1.77. The number of piperazine rings is 1. The number of hydrogen-bond donors (Lipinski definition) is 0. The molecule has 5 nitrogen and oxygen atoms in total. The van der Waals surface area contributed by atoms with Crippen molar-refractivity contribution in [2.75, 3.05) is 26.7 Å². The van der Waals surface area contributed by atoms with Gasteiger partial charge in [-0.3, -0.25) is 9.48 Å². The number of benzene rings is 1. The van der Waals surface area contributed by atoms with Crippen LogP contribution in [0.5, 0.6) is 0 Å². The van der Waals surface area contributed by atoms with Gasteiger partial charge in [-0.15, -0.1) is 0 Å². The van der Waals surface area contributed by atoms with Crippen molar-refractivity contribution >= 4 is 17.5 Å². The topological polar surface area (TPSA) is 41.4 Å². The highest BCUT2D eigenvalue weighted by Gasteiger charge is 2.31. The molecular formula is C20H27ClN4O. The third-order valence-corrected chi connectivity index (χ3v) is 5.76. The zero-order chi connectivity index (χ0) is 18.8. The van der Waals surface area contributed by atoms with E-state index in [9.17, 15) is 4.79 Å². The Bertz CT molecular complexity index is 774. The Morgan fingerprint density at radius 2 is 1.96 bits per heavy atom. The molecule has 2 heterocycles. The van der Waals surface area contributed by atoms with Gasteiger partial charge in [0.15, 0.2) is 0 Å². The Hall–Kier alpha value is -1.85. The molecule has 26 heavy (non-hydrogen) atoms. The van der Waals surface area contributed by atoms with Gasteiger partial charge in [0.2, 0.25) is 5.91 Å². The fourth-order valence-corrected chi connectivity index (χ4v) is 3.83. The Labute approximate surface area is 160 Å². The summed E-state index contributed by atoms with van der Waals surface area (Å²) in [4.78, 5) is 17.4. The molecule has 3 rings (SSSR count). The standard InChI is InChI=1S/C20H27ClN4O/c1-14(25-16(3)20(21)15(2)22-25)12-19(26)24-11-10-23(4)13-18(24)17-8-6-5-7-9-17/h5-9,14,18H,10-13H2,1-4H3/t14-,18-/m0/s1. The fourth-order valence-electron chi connectivity index (χ4n) is 3.71. The molecule has 0 radical (unpaired) electrons. The maximum atomic E-state index is 13.1. The first-order valence-corrected chi connectivity index (χ1v) is 9.50. The van der Waals surface area contributed by atoms with Crippen molar-refractivity contribution in [2.24, 2.45) is 0 Å². The Morgan fingerprint density at radius 3 is 2.58 bits per heavy atom. The number of carbonyl (C=O) groups excluding carboxylic acids is 1. The molecule has 2 atom stereocenters. The molecule has 1 saturated heterocycles. The molecule has 1 aliphatic heterocycles. The monoisotopic (exact) mass is 374 g/mol. The lowest BCUT2D eigenvalue weighted by molar-refractivity contribution is -0.137. The van der Waals surface area contributed by atoms with Gasteiger partial charge in [0.25, 0.3) is 0 Å². The van der Waals surface area contributed by atoms with Crippen LogP contribution in [-0.4, -0.2) is 52.2 Å². The molecule has 1 aromatic carbocycles. The van der Waals surface area contributed by atoms with Crippen molar-refractivity contribution in [1.82, 2.24) is 19.6 Å². The van der Waals surface area contributed by atoms with E-state index in [0.29, 0.717) is 11.4 Å². The molecule has 0 bridgehead atoms. The number of nitrogens with zero attached hydrogens (tertiary/aromatic N) is 4. The number of aryl methyl sites for hydroxylation is 1. The molecule has 0 saturated carbocycles. The summed E-state index contributed by atoms with van der Waals surface area (Å²) in [6.07, 6.45) is 0.422. The quantitative estimate of drug-likeness (QED) is 0.820. The van der Waals surface area contributed by atoms with Gasteiger partial charge in [-0.05, 0) is 33.4 Å². The molecule has 0 aliphatic carbocycles. The van der Waals surface area contributed by atoms with E-state index in [-0.39, 0.29) is 18.0 Å². The van der Waals surface area contributed by atoms with Gasteiger partial charge in [-0.2, -0.15) is 5.10 Å². The van der Waals surface area contributed by atoms with Crippen LogP contribution in [0.15, 0.2) is 30.3 Å². The Kier molecular flexibility index (Phi) is 5.68. The molecule has 0 spiro atoms. The van der Waals surface area contributed by atoms with E-state index in [4.69, 9.17) is 11.6 Å². The zero-order valence-electron chi connectivity index (χ0n) is 15.9. The minimum Gasteiger partial charge on any atom is -0.333 e. The minimum absolute atomic E-state index is 0.0234. The highest BCUT2D eigenvalue weighted by atomic mass is 35.5. The lowest BCUT2D eigenvalue weighted by atomic mass is 10.0. The second-order valence-corrected chi connectivity index (χ2v) is 7.64. The highest BCUT2D eigenvalue weighted by Crippen LogP contribution is 2.28. The second-order valence-electron chi connectivity index (χ2n) is 7.26. The van der Waals surface area contributed by atoms with Crippen molar-refractivity contribution < 1.29 is 4.79 Å². The molecule has 0 N–H and O–H groups in total. The van der Waals surface area contributed by atoms with Crippen LogP contribution in [0.2, 0.25) is 5.02 Å². The van der Waals surface area contributed by atoms with E-state index in [2.05, 4.69) is 29.2 Å². The number of halogens is 1. The molecule has 1 amide bonds. The van der Waals surface area contributed by atoms with Crippen LogP contribution in [0.4, 0.5) is 0 Å². The predicted octanol–water partition coefficient (Wildman–Crippen LogP) is 3.62. The number of rotatable bonds is 4. The highest BCUT2D eigenvalue weighted by molar-refractivity contribution is 6.31. The summed E-state index contributed by atoms with van der Waals surface area (Å²) >= 11 is 6.26. The summed E-state index contributed by atoms with van der Waals surface area (Å²) in [6, 6.07) is 10.4. The lowest BCUT2D eigenvalue weighted by Gasteiger charge is -2.40. The van der Waals surface area contributed by atoms with E-state index in [0.717, 1.165) is 31.0 Å². The predicted molar refractivity (Wildman–Crippen MR) is 104 cm³/mol. The molecule has 1 aliphatic rings. The number of hydrogen-bond acceptors (Lipinski definition) is 3. The first-order valence-electron chi connectivity index (χ1n) is 9.12. The van der Waals surface area contributed by atoms with Gasteiger partial charge in [0, 0.05) is 26.1 Å². The zero-order valence-corrected chi connectivity index (χ0v) is 16.7. The van der Waals surface area contributed by atoms with E-state index >= 15 is 0 Å². The number of carbonyl (C=O) groups is 1. The molecule has 6 heteroatoms. The van der Waals surface area contributed by atoms with Crippen molar-refractivity contribution in [3.63, 3.8) is 0 Å². The second kappa shape index (κ2) is 7.80. The summed E-state index contributed by atoms with van der Waals surface area (Å²) < 4.78 is 1.88. The van der Waals surface area contributed by atoms with Gasteiger partial charge in [-0.25, -0.2) is 0 Å². The lowest BCUT2D eigenvalue weighted by Crippen LogP contribution is -2.49. The number of likely N-dealkylation sites (N-methyl/N-ethyl adjacent to an activating group) is 1. The van der Waals surface area contributed by atoms with E-state index in [1.807, 2.05) is 48.6 Å². The third-order valence-electron chi connectivity index (χ3n) is 5.21. The Morgan fingerprint density at radius 1 is 1.27 bits per heavy atom. The minimum atomic E-state index is -0.0234. The van der Waals surface area contributed by atoms with Gasteiger partial charge in [-0.1, -0.05) is 41.9 Å². The fraction of sp³-hybridized carbons (Fsp3) is 0.500. The van der Waals surface area contributed by atoms with Crippen LogP contribution in [0, 0.1) is 13.8 Å². The molecule has 1 aromatic heterocycles. The van der Waals surface area contributed by atoms with Crippen LogP contribution in [0.3, 0.4) is 0 Å². The van der Waals surface area contributed by atoms with E-state index in [1.54, 1.807) is 0 Å². The van der Waals surface area contributed by atoms with Crippen LogP contribution >= 0.6 is 11.6 Å². The number of amides is 1. The average molecular weight is 375 g/mol. The van der Waals surface area contributed by atoms with Gasteiger partial charge in [0.05, 0.1) is 28.5 Å². The maximum Gasteiger partial charge on any atom is 0.225 e. The van der Waals surface area contributed by atoms with Crippen molar-refractivity contribution in [3.8, 4) is 0 Å². The van der Waals surface area contributed by atoms with Crippen LogP contribution in [-0.2, 0) is 4.79 Å². The summed E-state index contributed by atoms with van der Waals surface area (Å²) in [7, 11) is 2.11. The summed E-state index contributed by atoms with van der Waals surface area (Å²) in [5, 5.41) is 5.19. The van der Waals surface area contributed by atoms with Gasteiger partial charge in [0.1, 0.15) is 0 Å². The largest absolute Gasteiger partial charge is 0.333 e. The van der Waals surface area contributed by atoms with Crippen molar-refractivity contribution in [2.45, 2.75) is 39.3 Å². The third kappa shape index (κ3) is 3.79. The molecule has 140 valence electrons. The number of aromatic nitrogens is 2. The van der Waals surface area contributed by atoms with E-state index in [1.165, 1.54) is 5.56 Å². The smallest absolute Gasteiger partial charge is 0.225 e. The van der Waals surface area contributed by atoms with Gasteiger partial charge < -0.3 is 9.80 Å². The normalized spacial score (nSPS) is 19.6. The first kappa shape index (κ1) is 18.9. The first-order chi connectivity index (χ1) is 12.4. The van der Waals surface area contributed by atoms with Crippen LogP contribution in [0.1, 0.15) is 42.4 Å². The van der Waals surface area contributed by atoms with Crippen LogP contribution < -0.4 is 0 Å². The summed E-state index contributed by atoms with van der Waals surface area (Å²) in [5.41, 5.74) is 2.92. The van der Waals surface area contributed by atoms with Crippen LogP contribution in [0.25, 0.3) is 0 Å². The van der Waals surface area contributed by atoms with Gasteiger partial charge >= 0.3 is 0 Å². The molecule has 1 fully saturated rings. The molecular weight excluding hydrogens is 348 g/mol. The van der Waals surface area contributed by atoms with Crippen molar-refractivity contribution in [3.05, 3.63) is 52.3 Å². The SMILES string of the molecule is Cc1nn([C@@H](C)CC(=O)N2CCN(C)C[C@H]2c2ccccc2)c(C)c1Cl. The molecule has 0 unspecified atom stereocenters. The maximum absolute atomic E-state index is 13.1.